The highest BCUT2D eigenvalue weighted by Gasteiger charge is 2.48. The molecule has 1 unspecified atom stereocenters. The van der Waals surface area contributed by atoms with Gasteiger partial charge in [-0.2, -0.15) is 0 Å². The molecule has 4 aliphatic rings. The van der Waals surface area contributed by atoms with Crippen LogP contribution in [0.3, 0.4) is 0 Å². The predicted molar refractivity (Wildman–Crippen MR) is 160 cm³/mol. The summed E-state index contributed by atoms with van der Waals surface area (Å²) in [5.74, 6) is -0.297. The predicted octanol–water partition coefficient (Wildman–Crippen LogP) is 4.48. The number of ether oxygens (including phenoxy) is 2. The van der Waals surface area contributed by atoms with Crippen LogP contribution in [0.2, 0.25) is 0 Å². The Bertz CT molecular complexity index is 1670. The van der Waals surface area contributed by atoms with Crippen LogP contribution in [-0.2, 0) is 21.7 Å². The van der Waals surface area contributed by atoms with E-state index in [0.29, 0.717) is 64.7 Å². The van der Waals surface area contributed by atoms with Gasteiger partial charge in [0.2, 0.25) is 0 Å². The molecule has 0 saturated carbocycles. The summed E-state index contributed by atoms with van der Waals surface area (Å²) in [6.07, 6.45) is 5.19. The Labute approximate surface area is 250 Å². The molecule has 0 bridgehead atoms. The second kappa shape index (κ2) is 10.7. The fourth-order valence-electron chi connectivity index (χ4n) is 7.35. The summed E-state index contributed by atoms with van der Waals surface area (Å²) in [5.41, 5.74) is 1.04. The molecule has 4 aliphatic heterocycles. The van der Waals surface area contributed by atoms with Crippen molar-refractivity contribution in [3.63, 3.8) is 0 Å². The lowest BCUT2D eigenvalue weighted by Crippen LogP contribution is -2.48. The summed E-state index contributed by atoms with van der Waals surface area (Å²) in [7, 11) is 0. The van der Waals surface area contributed by atoms with Crippen LogP contribution in [0.1, 0.15) is 81.6 Å². The van der Waals surface area contributed by atoms with Crippen molar-refractivity contribution in [3.8, 4) is 17.1 Å². The third kappa shape index (κ3) is 4.53. The van der Waals surface area contributed by atoms with E-state index in [0.717, 1.165) is 31.5 Å². The van der Waals surface area contributed by atoms with Gasteiger partial charge in [0.1, 0.15) is 11.9 Å². The molecule has 43 heavy (non-hydrogen) atoms. The van der Waals surface area contributed by atoms with Crippen molar-refractivity contribution in [1.82, 2.24) is 19.4 Å². The number of carbonyl (C=O) groups is 2. The SMILES string of the molecule is CCC1OC(=O)[C@](O)(CC)c2cc3n(c(=O)c21)Cc1cc2c(OC(=O)N4CCC(N5CCCCC5)CC4)cccc2nc1-3. The number of aliphatic hydroxyl groups is 1. The Hall–Kier alpha value is -3.76. The maximum Gasteiger partial charge on any atom is 0.415 e. The van der Waals surface area contributed by atoms with Gasteiger partial charge in [0, 0.05) is 35.6 Å². The molecule has 10 nitrogen and oxygen atoms in total. The van der Waals surface area contributed by atoms with E-state index < -0.39 is 17.7 Å². The number of esters is 1. The number of piperidine rings is 2. The molecule has 6 heterocycles. The first-order valence-electron chi connectivity index (χ1n) is 15.7. The van der Waals surface area contributed by atoms with Crippen LogP contribution >= 0.6 is 0 Å². The largest absolute Gasteiger partial charge is 0.455 e. The van der Waals surface area contributed by atoms with Crippen molar-refractivity contribution in [2.45, 2.75) is 83.1 Å². The quantitative estimate of drug-likeness (QED) is 0.348. The Morgan fingerprint density at radius 1 is 1.09 bits per heavy atom. The molecule has 2 aromatic heterocycles. The van der Waals surface area contributed by atoms with Crippen LogP contribution in [0.25, 0.3) is 22.3 Å². The van der Waals surface area contributed by atoms with E-state index in [1.54, 1.807) is 34.6 Å². The Kier molecular flexibility index (Phi) is 7.01. The summed E-state index contributed by atoms with van der Waals surface area (Å²) < 4.78 is 13.1. The molecule has 7 rings (SSSR count). The first-order chi connectivity index (χ1) is 20.8. The number of cyclic esters (lactones) is 1. The van der Waals surface area contributed by atoms with Crippen molar-refractivity contribution in [3.05, 3.63) is 57.4 Å². The van der Waals surface area contributed by atoms with Gasteiger partial charge in [-0.1, -0.05) is 26.3 Å². The van der Waals surface area contributed by atoms with E-state index in [2.05, 4.69) is 4.90 Å². The maximum absolute atomic E-state index is 13.8. The van der Waals surface area contributed by atoms with Gasteiger partial charge in [0.05, 0.1) is 29.0 Å². The van der Waals surface area contributed by atoms with Crippen molar-refractivity contribution in [2.75, 3.05) is 26.2 Å². The molecular formula is C33H38N4O6. The van der Waals surface area contributed by atoms with E-state index in [4.69, 9.17) is 14.5 Å². The number of carbonyl (C=O) groups excluding carboxylic acids is 2. The zero-order valence-electron chi connectivity index (χ0n) is 24.8. The molecule has 2 atom stereocenters. The van der Waals surface area contributed by atoms with Gasteiger partial charge in [0.15, 0.2) is 5.60 Å². The Morgan fingerprint density at radius 2 is 1.86 bits per heavy atom. The Morgan fingerprint density at radius 3 is 2.58 bits per heavy atom. The molecule has 0 radical (unpaired) electrons. The first kappa shape index (κ1) is 28.0. The fraction of sp³-hybridized carbons (Fsp3) is 0.515. The number of pyridine rings is 2. The van der Waals surface area contributed by atoms with Gasteiger partial charge in [0.25, 0.3) is 5.56 Å². The van der Waals surface area contributed by atoms with Crippen LogP contribution < -0.4 is 10.3 Å². The summed E-state index contributed by atoms with van der Waals surface area (Å²) in [5, 5.41) is 12.0. The third-order valence-corrected chi connectivity index (χ3v) is 9.87. The molecule has 2 saturated heterocycles. The lowest BCUT2D eigenvalue weighted by Gasteiger charge is -2.39. The number of aromatic nitrogens is 2. The average molecular weight is 587 g/mol. The smallest absolute Gasteiger partial charge is 0.415 e. The maximum atomic E-state index is 13.8. The van der Waals surface area contributed by atoms with Crippen LogP contribution in [0.4, 0.5) is 4.79 Å². The zero-order chi connectivity index (χ0) is 29.9. The minimum Gasteiger partial charge on any atom is -0.455 e. The minimum atomic E-state index is -1.89. The van der Waals surface area contributed by atoms with Gasteiger partial charge in [-0.25, -0.2) is 14.6 Å². The van der Waals surface area contributed by atoms with Gasteiger partial charge >= 0.3 is 12.1 Å². The summed E-state index contributed by atoms with van der Waals surface area (Å²) >= 11 is 0. The molecule has 3 aromatic rings. The van der Waals surface area contributed by atoms with E-state index in [1.165, 1.54) is 19.3 Å². The topological polar surface area (TPSA) is 114 Å². The first-order valence-corrected chi connectivity index (χ1v) is 15.7. The summed E-state index contributed by atoms with van der Waals surface area (Å²) in [4.78, 5) is 49.1. The van der Waals surface area contributed by atoms with E-state index in [-0.39, 0.29) is 24.6 Å². The molecule has 1 N–H and O–H groups in total. The van der Waals surface area contributed by atoms with Crippen LogP contribution in [0.5, 0.6) is 5.75 Å². The average Bonchev–Trinajstić information content (AvgIpc) is 3.40. The lowest BCUT2D eigenvalue weighted by atomic mass is 9.83. The van der Waals surface area contributed by atoms with Gasteiger partial charge in [-0.3, -0.25) is 4.79 Å². The van der Waals surface area contributed by atoms with Crippen LogP contribution in [0.15, 0.2) is 35.1 Å². The molecule has 226 valence electrons. The second-order valence-electron chi connectivity index (χ2n) is 12.3. The summed E-state index contributed by atoms with van der Waals surface area (Å²) in [6, 6.07) is 9.63. The molecule has 1 aromatic carbocycles. The normalized spacial score (nSPS) is 23.9. The van der Waals surface area contributed by atoms with E-state index in [9.17, 15) is 19.5 Å². The zero-order valence-corrected chi connectivity index (χ0v) is 24.8. The number of fused-ring (bicyclic) bond motifs is 5. The minimum absolute atomic E-state index is 0.0842. The Balaban J connectivity index is 1.17. The van der Waals surface area contributed by atoms with Gasteiger partial charge in [-0.05, 0) is 75.9 Å². The monoisotopic (exact) mass is 586 g/mol. The van der Waals surface area contributed by atoms with Crippen LogP contribution in [0, 0.1) is 0 Å². The number of hydrogen-bond acceptors (Lipinski definition) is 8. The van der Waals surface area contributed by atoms with Crippen molar-refractivity contribution in [2.24, 2.45) is 0 Å². The summed E-state index contributed by atoms with van der Waals surface area (Å²) in [6.45, 7) is 7.49. The molecule has 2 fully saturated rings. The molecule has 1 amide bonds. The third-order valence-electron chi connectivity index (χ3n) is 9.87. The highest BCUT2D eigenvalue weighted by atomic mass is 16.6. The number of likely N-dealkylation sites (tertiary alicyclic amines) is 2. The fourth-order valence-corrected chi connectivity index (χ4v) is 7.35. The standard InChI is InChI=1S/C33H38N4O6/c1-3-26-28-23(33(41,4-2)31(39)42-26)18-25-29-20(19-37(25)30(28)38)17-22-24(34-29)9-8-10-27(22)43-32(40)36-15-11-21(12-16-36)35-13-6-5-7-14-35/h8-10,17-18,21,26,41H,3-7,11-16,19H2,1-2H3/t26?,33-/m0/s1. The highest BCUT2D eigenvalue weighted by molar-refractivity contribution is 5.91. The van der Waals surface area contributed by atoms with E-state index in [1.807, 2.05) is 19.1 Å². The number of benzene rings is 1. The lowest BCUT2D eigenvalue weighted by molar-refractivity contribution is -0.178. The molecular weight excluding hydrogens is 548 g/mol. The van der Waals surface area contributed by atoms with Gasteiger partial charge in [-0.15, -0.1) is 0 Å². The molecule has 0 spiro atoms. The van der Waals surface area contributed by atoms with Crippen molar-refractivity contribution < 1.29 is 24.2 Å². The van der Waals surface area contributed by atoms with Crippen molar-refractivity contribution in [1.29, 1.82) is 0 Å². The number of hydrogen-bond donors (Lipinski definition) is 1. The highest BCUT2D eigenvalue weighted by Crippen LogP contribution is 2.43. The number of rotatable bonds is 4. The number of amides is 1. The van der Waals surface area contributed by atoms with Gasteiger partial charge < -0.3 is 28.9 Å². The van der Waals surface area contributed by atoms with Crippen molar-refractivity contribution >= 4 is 23.0 Å². The molecule has 0 aliphatic carbocycles. The van der Waals surface area contributed by atoms with E-state index >= 15 is 0 Å². The number of nitrogens with zero attached hydrogens (tertiary/aromatic N) is 4. The van der Waals surface area contributed by atoms with Crippen LogP contribution in [-0.4, -0.2) is 68.7 Å². The second-order valence-corrected chi connectivity index (χ2v) is 12.3. The molecule has 10 heteroatoms.